The second-order valence-corrected chi connectivity index (χ2v) is 8.73. The second-order valence-electron chi connectivity index (χ2n) is 7.87. The number of carbonyl (C=O) groups excluding carboxylic acids is 3. The van der Waals surface area contributed by atoms with Gasteiger partial charge in [-0.3, -0.25) is 14.4 Å². The molecule has 34 heavy (non-hydrogen) atoms. The lowest BCUT2D eigenvalue weighted by atomic mass is 10.1. The number of hydrogen-bond acceptors (Lipinski definition) is 6. The van der Waals surface area contributed by atoms with Crippen molar-refractivity contribution < 1.29 is 19.1 Å². The van der Waals surface area contributed by atoms with Crippen LogP contribution in [0.25, 0.3) is 0 Å². The predicted octanol–water partition coefficient (Wildman–Crippen LogP) is 3.67. The van der Waals surface area contributed by atoms with Gasteiger partial charge in [0.15, 0.2) is 5.13 Å². The van der Waals surface area contributed by atoms with Gasteiger partial charge in [-0.05, 0) is 38.1 Å². The van der Waals surface area contributed by atoms with Crippen LogP contribution >= 0.6 is 11.3 Å². The van der Waals surface area contributed by atoms with Gasteiger partial charge in [0.25, 0.3) is 5.91 Å². The third-order valence-electron chi connectivity index (χ3n) is 4.96. The number of carbonyl (C=O) groups is 3. The molecular weight excluding hydrogens is 452 g/mol. The fraction of sp³-hybridized carbons (Fsp3) is 0.280. The van der Waals surface area contributed by atoms with Gasteiger partial charge < -0.3 is 20.3 Å². The highest BCUT2D eigenvalue weighted by Crippen LogP contribution is 2.17. The molecule has 0 radical (unpaired) electrons. The van der Waals surface area contributed by atoms with Gasteiger partial charge in [0, 0.05) is 30.3 Å². The van der Waals surface area contributed by atoms with Gasteiger partial charge in [0.1, 0.15) is 6.54 Å². The molecule has 0 saturated heterocycles. The summed E-state index contributed by atoms with van der Waals surface area (Å²) in [5.74, 6) is -0.817. The first-order valence-corrected chi connectivity index (χ1v) is 11.7. The Morgan fingerprint density at radius 3 is 2.24 bits per heavy atom. The van der Waals surface area contributed by atoms with Gasteiger partial charge in [-0.1, -0.05) is 35.4 Å². The van der Waals surface area contributed by atoms with E-state index in [2.05, 4.69) is 15.6 Å². The van der Waals surface area contributed by atoms with Crippen LogP contribution in [0.2, 0.25) is 0 Å². The van der Waals surface area contributed by atoms with Crippen LogP contribution < -0.4 is 10.6 Å². The SMILES string of the molecule is COCCN(CC(=O)Nc1nc(CC(=O)Nc2ccc(C)cc2)cs1)C(=O)c1ccc(C)cc1. The fourth-order valence-corrected chi connectivity index (χ4v) is 3.84. The minimum atomic E-state index is -0.374. The zero-order chi connectivity index (χ0) is 24.5. The van der Waals surface area contributed by atoms with Crippen molar-refractivity contribution in [3.05, 3.63) is 76.3 Å². The Hall–Kier alpha value is -3.56. The number of ether oxygens (including phenoxy) is 1. The highest BCUT2D eigenvalue weighted by atomic mass is 32.1. The summed E-state index contributed by atoms with van der Waals surface area (Å²) in [6.07, 6.45) is 0.0894. The zero-order valence-corrected chi connectivity index (χ0v) is 20.3. The maximum Gasteiger partial charge on any atom is 0.254 e. The Balaban J connectivity index is 1.56. The summed E-state index contributed by atoms with van der Waals surface area (Å²) >= 11 is 1.23. The average molecular weight is 481 g/mol. The molecule has 0 unspecified atom stereocenters. The summed E-state index contributed by atoms with van der Waals surface area (Å²) in [4.78, 5) is 43.5. The molecule has 1 heterocycles. The van der Waals surface area contributed by atoms with E-state index in [0.29, 0.717) is 28.7 Å². The number of aryl methyl sites for hydroxylation is 2. The molecule has 0 bridgehead atoms. The molecule has 3 aromatic rings. The molecule has 0 aliphatic rings. The number of benzene rings is 2. The van der Waals surface area contributed by atoms with E-state index in [0.717, 1.165) is 11.1 Å². The molecule has 2 N–H and O–H groups in total. The van der Waals surface area contributed by atoms with E-state index in [9.17, 15) is 14.4 Å². The number of amides is 3. The largest absolute Gasteiger partial charge is 0.383 e. The molecule has 3 amide bonds. The molecule has 0 fully saturated rings. The molecule has 8 nitrogen and oxygen atoms in total. The van der Waals surface area contributed by atoms with Crippen molar-refractivity contribution in [2.24, 2.45) is 0 Å². The second kappa shape index (κ2) is 12.1. The van der Waals surface area contributed by atoms with Crippen molar-refractivity contribution in [2.75, 3.05) is 37.4 Å². The summed E-state index contributed by atoms with van der Waals surface area (Å²) in [7, 11) is 1.54. The smallest absolute Gasteiger partial charge is 0.254 e. The Bertz CT molecular complexity index is 1130. The predicted molar refractivity (Wildman–Crippen MR) is 133 cm³/mol. The van der Waals surface area contributed by atoms with Gasteiger partial charge in [-0.15, -0.1) is 11.3 Å². The van der Waals surface area contributed by atoms with E-state index in [-0.39, 0.29) is 37.2 Å². The van der Waals surface area contributed by atoms with Crippen molar-refractivity contribution in [3.63, 3.8) is 0 Å². The summed E-state index contributed by atoms with van der Waals surface area (Å²) in [6, 6.07) is 14.7. The van der Waals surface area contributed by atoms with Crippen LogP contribution in [-0.2, 0) is 20.7 Å². The minimum absolute atomic E-state index is 0.0894. The zero-order valence-electron chi connectivity index (χ0n) is 19.5. The summed E-state index contributed by atoms with van der Waals surface area (Å²) < 4.78 is 5.09. The van der Waals surface area contributed by atoms with Gasteiger partial charge >= 0.3 is 0 Å². The Morgan fingerprint density at radius 1 is 0.941 bits per heavy atom. The molecule has 9 heteroatoms. The van der Waals surface area contributed by atoms with Crippen LogP contribution in [0.1, 0.15) is 27.2 Å². The molecule has 0 saturated carbocycles. The number of anilines is 2. The third kappa shape index (κ3) is 7.50. The van der Waals surface area contributed by atoms with E-state index in [1.54, 1.807) is 24.6 Å². The molecule has 0 aliphatic carbocycles. The summed E-state index contributed by atoms with van der Waals surface area (Å²) in [6.45, 7) is 4.37. The van der Waals surface area contributed by atoms with Crippen molar-refractivity contribution in [1.29, 1.82) is 0 Å². The first-order valence-electron chi connectivity index (χ1n) is 10.8. The number of rotatable bonds is 10. The maximum atomic E-state index is 12.9. The number of hydrogen-bond donors (Lipinski definition) is 2. The van der Waals surface area contributed by atoms with Crippen LogP contribution in [0.3, 0.4) is 0 Å². The molecule has 1 aromatic heterocycles. The first kappa shape index (κ1) is 25.1. The van der Waals surface area contributed by atoms with Crippen molar-refractivity contribution >= 4 is 39.9 Å². The van der Waals surface area contributed by atoms with Gasteiger partial charge in [-0.25, -0.2) is 4.98 Å². The quantitative estimate of drug-likeness (QED) is 0.461. The molecule has 0 spiro atoms. The normalized spacial score (nSPS) is 10.6. The van der Waals surface area contributed by atoms with E-state index < -0.39 is 0 Å². The minimum Gasteiger partial charge on any atom is -0.383 e. The monoisotopic (exact) mass is 480 g/mol. The summed E-state index contributed by atoms with van der Waals surface area (Å²) in [5, 5.41) is 7.64. The number of methoxy groups -OCH3 is 1. The highest BCUT2D eigenvalue weighted by Gasteiger charge is 2.19. The van der Waals surface area contributed by atoms with Crippen LogP contribution in [0.4, 0.5) is 10.8 Å². The Morgan fingerprint density at radius 2 is 1.59 bits per heavy atom. The lowest BCUT2D eigenvalue weighted by Crippen LogP contribution is -2.40. The van der Waals surface area contributed by atoms with E-state index >= 15 is 0 Å². The number of nitrogens with zero attached hydrogens (tertiary/aromatic N) is 2. The fourth-order valence-electron chi connectivity index (χ4n) is 3.12. The lowest BCUT2D eigenvalue weighted by Gasteiger charge is -2.21. The van der Waals surface area contributed by atoms with Gasteiger partial charge in [0.05, 0.1) is 18.7 Å². The first-order chi connectivity index (χ1) is 16.3. The third-order valence-corrected chi connectivity index (χ3v) is 5.77. The van der Waals surface area contributed by atoms with Gasteiger partial charge in [0.2, 0.25) is 11.8 Å². The van der Waals surface area contributed by atoms with Crippen LogP contribution in [0.15, 0.2) is 53.9 Å². The van der Waals surface area contributed by atoms with Gasteiger partial charge in [-0.2, -0.15) is 0 Å². The van der Waals surface area contributed by atoms with Crippen LogP contribution in [0.5, 0.6) is 0 Å². The Kier molecular flexibility index (Phi) is 8.89. The lowest BCUT2D eigenvalue weighted by molar-refractivity contribution is -0.117. The van der Waals surface area contributed by atoms with Crippen molar-refractivity contribution in [2.45, 2.75) is 20.3 Å². The van der Waals surface area contributed by atoms with E-state index in [1.165, 1.54) is 16.2 Å². The molecular formula is C25H28N4O4S. The number of aromatic nitrogens is 1. The average Bonchev–Trinajstić information content (AvgIpc) is 3.24. The van der Waals surface area contributed by atoms with Crippen molar-refractivity contribution in [3.8, 4) is 0 Å². The highest BCUT2D eigenvalue weighted by molar-refractivity contribution is 7.13. The van der Waals surface area contributed by atoms with E-state index in [4.69, 9.17) is 4.74 Å². The van der Waals surface area contributed by atoms with Crippen molar-refractivity contribution in [1.82, 2.24) is 9.88 Å². The number of nitrogens with one attached hydrogen (secondary N) is 2. The standard InChI is InChI=1S/C25H28N4O4S/c1-17-4-8-19(9-5-17)24(32)29(12-13-33-3)15-23(31)28-25-27-21(16-34-25)14-22(30)26-20-10-6-18(2)7-11-20/h4-11,16H,12-15H2,1-3H3,(H,26,30)(H,27,28,31). The molecule has 0 aliphatic heterocycles. The molecule has 3 rings (SSSR count). The maximum absolute atomic E-state index is 12.9. The Labute approximate surface area is 203 Å². The van der Waals surface area contributed by atoms with Crippen LogP contribution in [-0.4, -0.2) is 54.4 Å². The summed E-state index contributed by atoms with van der Waals surface area (Å²) in [5.41, 5.74) is 3.93. The van der Waals surface area contributed by atoms with E-state index in [1.807, 2.05) is 50.2 Å². The number of thiazole rings is 1. The van der Waals surface area contributed by atoms with Crippen LogP contribution in [0, 0.1) is 13.8 Å². The molecule has 178 valence electrons. The topological polar surface area (TPSA) is 101 Å². The molecule has 2 aromatic carbocycles. The molecule has 0 atom stereocenters.